The number of carbonyl (C=O) groups is 1. The number of aromatic carboxylic acids is 1. The molecular weight excluding hydrogens is 256 g/mol. The van der Waals surface area contributed by atoms with Gasteiger partial charge in [-0.1, -0.05) is 6.92 Å². The van der Waals surface area contributed by atoms with Gasteiger partial charge in [-0.3, -0.25) is 0 Å². The highest BCUT2D eigenvalue weighted by Crippen LogP contribution is 2.25. The summed E-state index contributed by atoms with van der Waals surface area (Å²) in [6, 6.07) is 3.25. The van der Waals surface area contributed by atoms with E-state index in [1.54, 1.807) is 22.8 Å². The van der Waals surface area contributed by atoms with E-state index >= 15 is 0 Å². The van der Waals surface area contributed by atoms with Crippen molar-refractivity contribution in [1.29, 1.82) is 0 Å². The number of nitrogens with zero attached hydrogens (tertiary/aromatic N) is 4. The minimum Gasteiger partial charge on any atom is -0.478 e. The Morgan fingerprint density at radius 2 is 2.40 bits per heavy atom. The van der Waals surface area contributed by atoms with Crippen LogP contribution < -0.4 is 0 Å². The Labute approximate surface area is 117 Å². The van der Waals surface area contributed by atoms with Gasteiger partial charge >= 0.3 is 5.97 Å². The van der Waals surface area contributed by atoms with Crippen LogP contribution in [-0.4, -0.2) is 50.2 Å². The molecule has 1 aliphatic heterocycles. The summed E-state index contributed by atoms with van der Waals surface area (Å²) in [4.78, 5) is 18.1. The molecule has 3 heterocycles. The number of carboxylic acids is 1. The van der Waals surface area contributed by atoms with Crippen LogP contribution in [0.1, 0.15) is 41.9 Å². The number of aromatic nitrogens is 3. The minimum absolute atomic E-state index is 0.203. The van der Waals surface area contributed by atoms with Crippen molar-refractivity contribution in [1.82, 2.24) is 19.5 Å². The molecule has 6 nitrogen and oxygen atoms in total. The normalized spacial score (nSPS) is 20.4. The maximum Gasteiger partial charge on any atom is 0.339 e. The number of likely N-dealkylation sites (tertiary alicyclic amines) is 1. The maximum atomic E-state index is 11.2. The summed E-state index contributed by atoms with van der Waals surface area (Å²) in [5, 5.41) is 13.7. The Bertz CT molecular complexity index is 637. The zero-order valence-corrected chi connectivity index (χ0v) is 11.5. The molecule has 1 saturated heterocycles. The predicted octanol–water partition coefficient (Wildman–Crippen LogP) is 1.63. The van der Waals surface area contributed by atoms with Crippen molar-refractivity contribution in [2.24, 2.45) is 0 Å². The van der Waals surface area contributed by atoms with Crippen molar-refractivity contribution < 1.29 is 9.90 Å². The summed E-state index contributed by atoms with van der Waals surface area (Å²) in [7, 11) is 0. The van der Waals surface area contributed by atoms with Crippen LogP contribution in [0.2, 0.25) is 0 Å². The van der Waals surface area contributed by atoms with Gasteiger partial charge < -0.3 is 10.0 Å². The van der Waals surface area contributed by atoms with E-state index in [4.69, 9.17) is 0 Å². The summed E-state index contributed by atoms with van der Waals surface area (Å²) in [6.07, 6.45) is 3.95. The lowest BCUT2D eigenvalue weighted by molar-refractivity contribution is 0.0698. The van der Waals surface area contributed by atoms with Crippen LogP contribution in [0.15, 0.2) is 18.3 Å². The summed E-state index contributed by atoms with van der Waals surface area (Å²) >= 11 is 0. The number of hydrogen-bond acceptors (Lipinski definition) is 4. The number of rotatable bonds is 3. The number of pyridine rings is 1. The Balaban J connectivity index is 1.96. The topological polar surface area (TPSA) is 70.7 Å². The van der Waals surface area contributed by atoms with E-state index in [2.05, 4.69) is 21.9 Å². The quantitative estimate of drug-likeness (QED) is 0.921. The third-order valence-corrected chi connectivity index (χ3v) is 3.93. The minimum atomic E-state index is -0.964. The SMILES string of the molecule is CCN1CCCC(c2nc3c(C(=O)O)cccn3n2)C1. The van der Waals surface area contributed by atoms with Crippen molar-refractivity contribution >= 4 is 11.6 Å². The van der Waals surface area contributed by atoms with Crippen LogP contribution in [0.25, 0.3) is 5.65 Å². The van der Waals surface area contributed by atoms with Crippen LogP contribution in [0.5, 0.6) is 0 Å². The molecule has 3 rings (SSSR count). The molecule has 0 aliphatic carbocycles. The Hall–Kier alpha value is -1.95. The van der Waals surface area contributed by atoms with Gasteiger partial charge in [0.1, 0.15) is 5.56 Å². The fourth-order valence-electron chi connectivity index (χ4n) is 2.82. The lowest BCUT2D eigenvalue weighted by atomic mass is 9.97. The number of hydrogen-bond donors (Lipinski definition) is 1. The highest BCUT2D eigenvalue weighted by atomic mass is 16.4. The molecule has 1 aliphatic rings. The Morgan fingerprint density at radius 1 is 1.55 bits per heavy atom. The fourth-order valence-corrected chi connectivity index (χ4v) is 2.82. The largest absolute Gasteiger partial charge is 0.478 e. The van der Waals surface area contributed by atoms with Crippen LogP contribution in [0.3, 0.4) is 0 Å². The summed E-state index contributed by atoms with van der Waals surface area (Å²) in [6.45, 7) is 5.27. The van der Waals surface area contributed by atoms with Crippen LogP contribution in [0.4, 0.5) is 0 Å². The summed E-state index contributed by atoms with van der Waals surface area (Å²) in [5.74, 6) is 0.0930. The van der Waals surface area contributed by atoms with Crippen molar-refractivity contribution in [2.45, 2.75) is 25.7 Å². The molecule has 2 aromatic rings. The van der Waals surface area contributed by atoms with Gasteiger partial charge in [0.25, 0.3) is 0 Å². The molecule has 2 aromatic heterocycles. The lowest BCUT2D eigenvalue weighted by Gasteiger charge is -2.30. The van der Waals surface area contributed by atoms with E-state index < -0.39 is 5.97 Å². The van der Waals surface area contributed by atoms with E-state index in [1.165, 1.54) is 0 Å². The molecule has 0 radical (unpaired) electrons. The van der Waals surface area contributed by atoms with E-state index in [0.29, 0.717) is 11.6 Å². The van der Waals surface area contributed by atoms with Gasteiger partial charge in [-0.15, -0.1) is 0 Å². The van der Waals surface area contributed by atoms with Gasteiger partial charge in [-0.2, -0.15) is 5.10 Å². The molecule has 0 aromatic carbocycles. The molecule has 0 amide bonds. The van der Waals surface area contributed by atoms with E-state index in [1.807, 2.05) is 0 Å². The highest BCUT2D eigenvalue weighted by molar-refractivity contribution is 5.94. The van der Waals surface area contributed by atoms with Crippen LogP contribution >= 0.6 is 0 Å². The first-order chi connectivity index (χ1) is 9.69. The van der Waals surface area contributed by atoms with Crippen molar-refractivity contribution in [2.75, 3.05) is 19.6 Å². The molecule has 6 heteroatoms. The molecule has 0 spiro atoms. The molecule has 20 heavy (non-hydrogen) atoms. The molecule has 0 bridgehead atoms. The zero-order valence-electron chi connectivity index (χ0n) is 11.5. The van der Waals surface area contributed by atoms with Crippen molar-refractivity contribution in [3.8, 4) is 0 Å². The number of carboxylic acid groups (broad SMARTS) is 1. The van der Waals surface area contributed by atoms with Crippen LogP contribution in [0, 0.1) is 0 Å². The molecule has 106 valence electrons. The second kappa shape index (κ2) is 5.20. The highest BCUT2D eigenvalue weighted by Gasteiger charge is 2.24. The van der Waals surface area contributed by atoms with Gasteiger partial charge in [0, 0.05) is 18.7 Å². The van der Waals surface area contributed by atoms with Gasteiger partial charge in [-0.25, -0.2) is 14.3 Å². The van der Waals surface area contributed by atoms with Gasteiger partial charge in [0.2, 0.25) is 0 Å². The second-order valence-electron chi connectivity index (χ2n) is 5.20. The third-order valence-electron chi connectivity index (χ3n) is 3.93. The smallest absolute Gasteiger partial charge is 0.339 e. The standard InChI is InChI=1S/C14H18N4O2/c1-2-17-7-3-5-10(9-17)12-15-13-11(14(19)20)6-4-8-18(13)16-12/h4,6,8,10H,2-3,5,7,9H2,1H3,(H,19,20). The number of fused-ring (bicyclic) bond motifs is 1. The number of likely N-dealkylation sites (N-methyl/N-ethyl adjacent to an activating group) is 1. The molecule has 1 atom stereocenters. The Morgan fingerprint density at radius 3 is 3.15 bits per heavy atom. The molecule has 1 unspecified atom stereocenters. The predicted molar refractivity (Wildman–Crippen MR) is 74.0 cm³/mol. The zero-order chi connectivity index (χ0) is 14.1. The van der Waals surface area contributed by atoms with Crippen molar-refractivity contribution in [3.05, 3.63) is 29.7 Å². The third kappa shape index (κ3) is 2.27. The molecular formula is C14H18N4O2. The van der Waals surface area contributed by atoms with Gasteiger partial charge in [0.05, 0.1) is 0 Å². The van der Waals surface area contributed by atoms with Crippen LogP contribution in [-0.2, 0) is 0 Å². The van der Waals surface area contributed by atoms with Gasteiger partial charge in [0.15, 0.2) is 11.5 Å². The number of piperidine rings is 1. The maximum absolute atomic E-state index is 11.2. The van der Waals surface area contributed by atoms with Gasteiger partial charge in [-0.05, 0) is 38.1 Å². The first kappa shape index (κ1) is 13.1. The Kier molecular flexibility index (Phi) is 3.40. The first-order valence-corrected chi connectivity index (χ1v) is 7.00. The van der Waals surface area contributed by atoms with E-state index in [9.17, 15) is 9.90 Å². The second-order valence-corrected chi connectivity index (χ2v) is 5.20. The average Bonchev–Trinajstić information content (AvgIpc) is 2.91. The lowest BCUT2D eigenvalue weighted by Crippen LogP contribution is -2.34. The summed E-state index contributed by atoms with van der Waals surface area (Å²) < 4.78 is 1.57. The summed E-state index contributed by atoms with van der Waals surface area (Å²) in [5.41, 5.74) is 0.637. The fraction of sp³-hybridized carbons (Fsp3) is 0.500. The van der Waals surface area contributed by atoms with E-state index in [0.717, 1.165) is 38.3 Å². The average molecular weight is 274 g/mol. The molecule has 0 saturated carbocycles. The first-order valence-electron chi connectivity index (χ1n) is 7.00. The van der Waals surface area contributed by atoms with Crippen molar-refractivity contribution in [3.63, 3.8) is 0 Å². The van der Waals surface area contributed by atoms with E-state index in [-0.39, 0.29) is 5.56 Å². The monoisotopic (exact) mass is 274 g/mol. The molecule has 1 fully saturated rings. The molecule has 1 N–H and O–H groups in total.